The number of nitrogens with zero attached hydrogens (tertiary/aromatic N) is 2. The molecular weight excluding hydrogens is 672 g/mol. The molecule has 49 heavy (non-hydrogen) atoms. The van der Waals surface area contributed by atoms with Gasteiger partial charge in [0.15, 0.2) is 0 Å². The lowest BCUT2D eigenvalue weighted by Crippen LogP contribution is -2.35. The number of amides is 2. The fourth-order valence-electron chi connectivity index (χ4n) is 4.32. The molecule has 1 aromatic carbocycles. The summed E-state index contributed by atoms with van der Waals surface area (Å²) in [4.78, 5) is 39.4. The summed E-state index contributed by atoms with van der Waals surface area (Å²) in [6.45, 7) is 10.9. The number of halogens is 1. The molecule has 0 saturated heterocycles. The van der Waals surface area contributed by atoms with E-state index >= 15 is 0 Å². The number of nitriles is 1. The van der Waals surface area contributed by atoms with E-state index in [0.717, 1.165) is 52.8 Å². The second-order valence-corrected chi connectivity index (χ2v) is 13.5. The van der Waals surface area contributed by atoms with Crippen molar-refractivity contribution in [3.63, 3.8) is 0 Å². The molecule has 2 rings (SSSR count). The van der Waals surface area contributed by atoms with Gasteiger partial charge in [-0.15, -0.1) is 22.9 Å². The van der Waals surface area contributed by atoms with Crippen LogP contribution in [0, 0.1) is 11.3 Å². The van der Waals surface area contributed by atoms with Gasteiger partial charge in [-0.3, -0.25) is 0 Å². The summed E-state index contributed by atoms with van der Waals surface area (Å²) in [6.07, 6.45) is 5.53. The Labute approximate surface area is 299 Å². The summed E-state index contributed by atoms with van der Waals surface area (Å²) in [7, 11) is 0. The van der Waals surface area contributed by atoms with Crippen LogP contribution in [0.15, 0.2) is 29.8 Å². The highest BCUT2D eigenvalue weighted by Gasteiger charge is 2.20. The lowest BCUT2D eigenvalue weighted by Gasteiger charge is -2.24. The van der Waals surface area contributed by atoms with E-state index < -0.39 is 23.8 Å². The summed E-state index contributed by atoms with van der Waals surface area (Å²) >= 11 is 7.09. The number of anilines is 1. The van der Waals surface area contributed by atoms with Crippen LogP contribution in [0.2, 0.25) is 0 Å². The minimum absolute atomic E-state index is 0.0852. The molecule has 0 unspecified atom stereocenters. The van der Waals surface area contributed by atoms with Gasteiger partial charge in [-0.05, 0) is 69.7 Å². The van der Waals surface area contributed by atoms with Crippen LogP contribution in [0.4, 0.5) is 15.3 Å². The summed E-state index contributed by atoms with van der Waals surface area (Å²) in [5.74, 6) is 0.0226. The number of fused-ring (bicyclic) bond motifs is 1. The molecule has 0 bridgehead atoms. The Morgan fingerprint density at radius 3 is 2.18 bits per heavy atom. The van der Waals surface area contributed by atoms with Gasteiger partial charge in [0, 0.05) is 40.8 Å². The second-order valence-electron chi connectivity index (χ2n) is 12.0. The fourth-order valence-corrected chi connectivity index (χ4v) is 5.55. The van der Waals surface area contributed by atoms with Gasteiger partial charge in [-0.1, -0.05) is 25.8 Å². The van der Waals surface area contributed by atoms with Crippen molar-refractivity contribution >= 4 is 62.9 Å². The van der Waals surface area contributed by atoms with E-state index in [-0.39, 0.29) is 18.8 Å². The molecule has 14 heteroatoms. The maximum Gasteiger partial charge on any atom is 0.407 e. The molecule has 0 spiro atoms. The zero-order valence-electron chi connectivity index (χ0n) is 29.1. The molecule has 2 amide bonds. The standard InChI is InChI=1S/C35H51ClN4O8S/c1-5-13-38-33(42)46-19-15-40(16-20-47-34(43)39-14-18-45-22-21-44-17-9-7-6-8-12-36)29-11-10-27-23-30(49-31(27)25-29)24-28(26-37)32(41)48-35(2,3)4/h10-11,23-25H,5-9,12-22H2,1-4H3,(H,38,42)(H,39,43)/b28-24+. The zero-order valence-corrected chi connectivity index (χ0v) is 30.7. The van der Waals surface area contributed by atoms with Crippen LogP contribution in [-0.4, -0.2) is 95.5 Å². The number of nitrogens with one attached hydrogen (secondary N) is 2. The fraction of sp³-hybridized carbons (Fsp3) is 0.600. The van der Waals surface area contributed by atoms with E-state index in [1.807, 2.05) is 42.2 Å². The molecular formula is C35H51ClN4O8S. The number of unbranched alkanes of at least 4 members (excludes halogenated alkanes) is 3. The lowest BCUT2D eigenvalue weighted by atomic mass is 10.1. The number of hydrogen-bond donors (Lipinski definition) is 2. The predicted molar refractivity (Wildman–Crippen MR) is 193 cm³/mol. The highest BCUT2D eigenvalue weighted by Crippen LogP contribution is 2.31. The van der Waals surface area contributed by atoms with E-state index in [2.05, 4.69) is 10.6 Å². The van der Waals surface area contributed by atoms with E-state index in [0.29, 0.717) is 58.5 Å². The first-order chi connectivity index (χ1) is 23.6. The van der Waals surface area contributed by atoms with Crippen molar-refractivity contribution in [2.24, 2.45) is 0 Å². The Morgan fingerprint density at radius 1 is 0.898 bits per heavy atom. The molecule has 0 fully saturated rings. The largest absolute Gasteiger partial charge is 0.456 e. The van der Waals surface area contributed by atoms with Crippen molar-refractivity contribution in [1.82, 2.24) is 10.6 Å². The highest BCUT2D eigenvalue weighted by atomic mass is 35.5. The van der Waals surface area contributed by atoms with Crippen LogP contribution in [0.1, 0.15) is 64.7 Å². The quantitative estimate of drug-likeness (QED) is 0.0319. The average molecular weight is 723 g/mol. The number of alkyl carbamates (subject to hydrolysis) is 2. The predicted octanol–water partition coefficient (Wildman–Crippen LogP) is 6.65. The first-order valence-electron chi connectivity index (χ1n) is 16.7. The minimum atomic E-state index is -0.718. The first kappa shape index (κ1) is 41.6. The Morgan fingerprint density at radius 2 is 1.55 bits per heavy atom. The minimum Gasteiger partial charge on any atom is -0.456 e. The summed E-state index contributed by atoms with van der Waals surface area (Å²) < 4.78 is 28.1. The molecule has 0 aliphatic rings. The molecule has 1 aromatic heterocycles. The van der Waals surface area contributed by atoms with Gasteiger partial charge in [0.1, 0.15) is 30.5 Å². The number of alkyl halides is 1. The molecule has 0 saturated carbocycles. The van der Waals surface area contributed by atoms with Crippen LogP contribution in [0.5, 0.6) is 0 Å². The maximum absolute atomic E-state index is 12.5. The van der Waals surface area contributed by atoms with Crippen molar-refractivity contribution in [2.45, 2.75) is 65.4 Å². The van der Waals surface area contributed by atoms with Gasteiger partial charge in [0.05, 0.1) is 32.9 Å². The first-order valence-corrected chi connectivity index (χ1v) is 18.1. The number of rotatable bonds is 23. The van der Waals surface area contributed by atoms with Gasteiger partial charge in [0.25, 0.3) is 0 Å². The number of carbonyl (C=O) groups excluding carboxylic acids is 3. The van der Waals surface area contributed by atoms with Crippen LogP contribution in [-0.2, 0) is 28.5 Å². The zero-order chi connectivity index (χ0) is 35.9. The molecule has 2 N–H and O–H groups in total. The molecule has 1 heterocycles. The second kappa shape index (κ2) is 23.7. The Kier molecular flexibility index (Phi) is 20.1. The molecule has 0 aliphatic heterocycles. The van der Waals surface area contributed by atoms with Crippen LogP contribution in [0.3, 0.4) is 0 Å². The van der Waals surface area contributed by atoms with Crippen molar-refractivity contribution in [2.75, 3.05) is 76.6 Å². The SMILES string of the molecule is CCCNC(=O)OCCN(CCOC(=O)NCCOCCOCCCCCCCl)c1ccc2cc(/C=C(\C#N)C(=O)OC(C)(C)C)sc2c1. The molecule has 0 atom stereocenters. The van der Waals surface area contributed by atoms with Gasteiger partial charge in [-0.25, -0.2) is 14.4 Å². The maximum atomic E-state index is 12.5. The third kappa shape index (κ3) is 18.1. The normalized spacial score (nSPS) is 11.6. The smallest absolute Gasteiger partial charge is 0.407 e. The number of benzene rings is 1. The Hall–Kier alpha value is -3.57. The number of esters is 1. The molecule has 272 valence electrons. The van der Waals surface area contributed by atoms with Gasteiger partial charge in [0.2, 0.25) is 0 Å². The number of carbonyl (C=O) groups is 3. The van der Waals surface area contributed by atoms with Crippen molar-refractivity contribution in [3.8, 4) is 6.07 Å². The molecule has 0 radical (unpaired) electrons. The monoisotopic (exact) mass is 722 g/mol. The Balaban J connectivity index is 1.92. The van der Waals surface area contributed by atoms with Gasteiger partial charge in [-0.2, -0.15) is 5.26 Å². The molecule has 12 nitrogen and oxygen atoms in total. The Bertz CT molecular complexity index is 1370. The summed E-state index contributed by atoms with van der Waals surface area (Å²) in [6, 6.07) is 9.65. The van der Waals surface area contributed by atoms with Gasteiger partial charge >= 0.3 is 18.2 Å². The van der Waals surface area contributed by atoms with E-state index in [1.165, 1.54) is 17.4 Å². The summed E-state index contributed by atoms with van der Waals surface area (Å²) in [5.41, 5.74) is 0.0210. The van der Waals surface area contributed by atoms with Crippen LogP contribution >= 0.6 is 22.9 Å². The topological polar surface area (TPSA) is 148 Å². The van der Waals surface area contributed by atoms with Crippen LogP contribution in [0.25, 0.3) is 16.2 Å². The average Bonchev–Trinajstić information content (AvgIpc) is 3.47. The summed E-state index contributed by atoms with van der Waals surface area (Å²) in [5, 5.41) is 15.8. The highest BCUT2D eigenvalue weighted by molar-refractivity contribution is 7.19. The number of hydrogen-bond acceptors (Lipinski definition) is 11. The van der Waals surface area contributed by atoms with Crippen LogP contribution < -0.4 is 15.5 Å². The van der Waals surface area contributed by atoms with Crippen molar-refractivity contribution in [1.29, 1.82) is 5.26 Å². The number of ether oxygens (including phenoxy) is 5. The third-order valence-corrected chi connectivity index (χ3v) is 7.99. The number of thiophene rings is 1. The van der Waals surface area contributed by atoms with Crippen molar-refractivity contribution < 1.29 is 38.1 Å². The molecule has 0 aliphatic carbocycles. The lowest BCUT2D eigenvalue weighted by molar-refractivity contribution is -0.149. The van der Waals surface area contributed by atoms with E-state index in [4.69, 9.17) is 35.3 Å². The van der Waals surface area contributed by atoms with E-state index in [9.17, 15) is 19.6 Å². The third-order valence-electron chi connectivity index (χ3n) is 6.68. The van der Waals surface area contributed by atoms with Crippen molar-refractivity contribution in [3.05, 3.63) is 34.7 Å². The molecule has 2 aromatic rings. The van der Waals surface area contributed by atoms with E-state index in [1.54, 1.807) is 20.8 Å². The van der Waals surface area contributed by atoms with Gasteiger partial charge < -0.3 is 39.2 Å².